The first-order chi connectivity index (χ1) is 9.99. The fraction of sp³-hybridized carbons (Fsp3) is 0.571. The summed E-state index contributed by atoms with van der Waals surface area (Å²) in [6, 6.07) is 3.72. The zero-order chi connectivity index (χ0) is 15.3. The predicted octanol–water partition coefficient (Wildman–Crippen LogP) is 4.52. The van der Waals surface area contributed by atoms with Crippen LogP contribution in [0.15, 0.2) is 18.5 Å². The summed E-state index contributed by atoms with van der Waals surface area (Å²) in [7, 11) is 0. The molecule has 1 aliphatic rings. The van der Waals surface area contributed by atoms with Crippen molar-refractivity contribution in [1.82, 2.24) is 18.7 Å². The monoisotopic (exact) mass is 328 g/mol. The van der Waals surface area contributed by atoms with Gasteiger partial charge in [-0.25, -0.2) is 13.9 Å². The first-order valence-electron chi connectivity index (χ1n) is 7.02. The van der Waals surface area contributed by atoms with Gasteiger partial charge in [0.2, 0.25) is 0 Å². The summed E-state index contributed by atoms with van der Waals surface area (Å²) in [6.45, 7) is 7.08. The summed E-state index contributed by atoms with van der Waals surface area (Å²) in [4.78, 5) is 8.44. The second-order valence-corrected chi connectivity index (χ2v) is 8.13. The van der Waals surface area contributed by atoms with E-state index in [4.69, 9.17) is 0 Å². The van der Waals surface area contributed by atoms with E-state index in [-0.39, 0.29) is 17.1 Å². The molecule has 0 aliphatic heterocycles. The molecule has 7 heteroatoms. The van der Waals surface area contributed by atoms with Gasteiger partial charge in [-0.05, 0) is 32.9 Å². The van der Waals surface area contributed by atoms with Gasteiger partial charge in [0.25, 0.3) is 0 Å². The van der Waals surface area contributed by atoms with E-state index < -0.39 is 0 Å². The SMILES string of the molecule is C1CC1.CC(C)(C)SNCc1ccc2c(ncn2SF)n1. The number of rotatable bonds is 4. The maximum atomic E-state index is 12.5. The first kappa shape index (κ1) is 16.6. The molecule has 2 aromatic rings. The van der Waals surface area contributed by atoms with Crippen LogP contribution in [0, 0.1) is 0 Å². The van der Waals surface area contributed by atoms with Crippen LogP contribution in [-0.4, -0.2) is 18.7 Å². The van der Waals surface area contributed by atoms with Gasteiger partial charge in [0.1, 0.15) is 11.8 Å². The molecule has 0 atom stereocenters. The third-order valence-corrected chi connectivity index (χ3v) is 3.83. The predicted molar refractivity (Wildman–Crippen MR) is 89.7 cm³/mol. The lowest BCUT2D eigenvalue weighted by Crippen LogP contribution is -2.17. The second kappa shape index (κ2) is 7.47. The van der Waals surface area contributed by atoms with Crippen LogP contribution < -0.4 is 4.72 Å². The molecule has 0 unspecified atom stereocenters. The lowest BCUT2D eigenvalue weighted by molar-refractivity contribution is 0.785. The lowest BCUT2D eigenvalue weighted by atomic mass is 10.3. The van der Waals surface area contributed by atoms with E-state index in [9.17, 15) is 3.89 Å². The van der Waals surface area contributed by atoms with Gasteiger partial charge in [0, 0.05) is 11.3 Å². The van der Waals surface area contributed by atoms with Crippen molar-refractivity contribution in [3.63, 3.8) is 0 Å². The summed E-state index contributed by atoms with van der Waals surface area (Å²) < 4.78 is 17.3. The van der Waals surface area contributed by atoms with Crippen LogP contribution >= 0.6 is 24.3 Å². The fourth-order valence-corrected chi connectivity index (χ4v) is 2.35. The molecule has 116 valence electrons. The van der Waals surface area contributed by atoms with E-state index in [1.165, 1.54) is 29.6 Å². The van der Waals surface area contributed by atoms with Crippen molar-refractivity contribution in [3.8, 4) is 0 Å². The molecule has 0 aromatic carbocycles. The molecule has 4 nitrogen and oxygen atoms in total. The van der Waals surface area contributed by atoms with Crippen molar-refractivity contribution in [1.29, 1.82) is 0 Å². The van der Waals surface area contributed by atoms with E-state index in [0.717, 1.165) is 5.69 Å². The van der Waals surface area contributed by atoms with Crippen LogP contribution in [0.2, 0.25) is 0 Å². The molecule has 0 bridgehead atoms. The number of halogens is 1. The number of imidazole rings is 1. The Hall–Kier alpha value is -0.790. The zero-order valence-electron chi connectivity index (χ0n) is 12.6. The minimum Gasteiger partial charge on any atom is -0.258 e. The molecule has 1 saturated carbocycles. The van der Waals surface area contributed by atoms with Crippen LogP contribution in [0.1, 0.15) is 45.7 Å². The van der Waals surface area contributed by atoms with Gasteiger partial charge in [-0.15, -0.1) is 3.89 Å². The van der Waals surface area contributed by atoms with E-state index in [1.807, 2.05) is 12.1 Å². The average molecular weight is 328 g/mol. The Labute approximate surface area is 133 Å². The van der Waals surface area contributed by atoms with E-state index in [2.05, 4.69) is 35.5 Å². The van der Waals surface area contributed by atoms with Crippen LogP contribution in [0.4, 0.5) is 3.89 Å². The number of aromatic nitrogens is 3. The average Bonchev–Trinajstić information content (AvgIpc) is 3.24. The Morgan fingerprint density at radius 2 is 2.00 bits per heavy atom. The van der Waals surface area contributed by atoms with Crippen LogP contribution in [0.5, 0.6) is 0 Å². The van der Waals surface area contributed by atoms with Crippen molar-refractivity contribution < 1.29 is 3.89 Å². The standard InChI is InChI=1S/C11H15FN4S2.C3H6/c1-11(2,3)17-14-6-8-4-5-9-10(15-8)13-7-16(9)18-12;1-2-3-1/h4-5,7,14H,6H2,1-3H3;1-3H2. The van der Waals surface area contributed by atoms with Crippen LogP contribution in [-0.2, 0) is 6.54 Å². The van der Waals surface area contributed by atoms with E-state index >= 15 is 0 Å². The van der Waals surface area contributed by atoms with E-state index in [1.54, 1.807) is 11.9 Å². The number of pyridine rings is 1. The largest absolute Gasteiger partial charge is 0.258 e. The molecule has 0 saturated heterocycles. The molecule has 1 aliphatic carbocycles. The number of fused-ring (bicyclic) bond motifs is 1. The number of nitrogens with one attached hydrogen (secondary N) is 1. The summed E-state index contributed by atoms with van der Waals surface area (Å²) in [5, 5.41) is 0. The molecule has 0 amide bonds. The minimum absolute atomic E-state index is 0.126. The van der Waals surface area contributed by atoms with Crippen molar-refractivity contribution >= 4 is 35.4 Å². The molecule has 2 aromatic heterocycles. The first-order valence-corrected chi connectivity index (χ1v) is 8.51. The fourth-order valence-electron chi connectivity index (χ4n) is 1.40. The topological polar surface area (TPSA) is 42.7 Å². The van der Waals surface area contributed by atoms with Crippen LogP contribution in [0.25, 0.3) is 11.2 Å². The second-order valence-electron chi connectivity index (χ2n) is 5.88. The van der Waals surface area contributed by atoms with Crippen molar-refractivity contribution in [3.05, 3.63) is 24.2 Å². The van der Waals surface area contributed by atoms with Gasteiger partial charge >= 0.3 is 0 Å². The highest BCUT2D eigenvalue weighted by Crippen LogP contribution is 2.21. The highest BCUT2D eigenvalue weighted by molar-refractivity contribution is 7.98. The third-order valence-electron chi connectivity index (χ3n) is 2.49. The maximum Gasteiger partial charge on any atom is 0.178 e. The summed E-state index contributed by atoms with van der Waals surface area (Å²) in [6.07, 6.45) is 5.93. The van der Waals surface area contributed by atoms with Crippen molar-refractivity contribution in [2.75, 3.05) is 0 Å². The minimum atomic E-state index is 0.126. The lowest BCUT2D eigenvalue weighted by Gasteiger charge is -2.17. The third kappa shape index (κ3) is 5.84. The number of hydrogen-bond acceptors (Lipinski definition) is 5. The van der Waals surface area contributed by atoms with Gasteiger partial charge in [-0.2, -0.15) is 0 Å². The summed E-state index contributed by atoms with van der Waals surface area (Å²) in [5.41, 5.74) is 2.16. The Morgan fingerprint density at radius 3 is 2.57 bits per heavy atom. The number of nitrogens with zero attached hydrogens (tertiary/aromatic N) is 3. The Kier molecular flexibility index (Phi) is 5.89. The zero-order valence-corrected chi connectivity index (χ0v) is 14.2. The molecule has 1 N–H and O–H groups in total. The smallest absolute Gasteiger partial charge is 0.178 e. The highest BCUT2D eigenvalue weighted by atomic mass is 32.2. The quantitative estimate of drug-likeness (QED) is 0.836. The van der Waals surface area contributed by atoms with Gasteiger partial charge in [-0.3, -0.25) is 4.72 Å². The normalized spacial score (nSPS) is 13.9. The molecule has 2 heterocycles. The molecule has 0 spiro atoms. The van der Waals surface area contributed by atoms with Crippen molar-refractivity contribution in [2.45, 2.75) is 51.3 Å². The Morgan fingerprint density at radius 1 is 1.29 bits per heavy atom. The van der Waals surface area contributed by atoms with Gasteiger partial charge in [0.15, 0.2) is 18.0 Å². The Bertz CT molecular complexity index is 575. The number of hydrogen-bond donors (Lipinski definition) is 1. The molecular formula is C14H21FN4S2. The molecule has 1 fully saturated rings. The van der Waals surface area contributed by atoms with E-state index in [0.29, 0.717) is 17.7 Å². The molecule has 3 rings (SSSR count). The van der Waals surface area contributed by atoms with Gasteiger partial charge in [0.05, 0.1) is 5.69 Å². The molecular weight excluding hydrogens is 307 g/mol. The maximum absolute atomic E-state index is 12.5. The Balaban J connectivity index is 0.000000477. The summed E-state index contributed by atoms with van der Waals surface area (Å²) >= 11 is 1.79. The van der Waals surface area contributed by atoms with Gasteiger partial charge < -0.3 is 0 Å². The summed E-state index contributed by atoms with van der Waals surface area (Å²) in [5.74, 6) is 0. The van der Waals surface area contributed by atoms with Crippen LogP contribution in [0.3, 0.4) is 0 Å². The highest BCUT2D eigenvalue weighted by Gasteiger charge is 2.11. The van der Waals surface area contributed by atoms with Crippen molar-refractivity contribution in [2.24, 2.45) is 0 Å². The van der Waals surface area contributed by atoms with Gasteiger partial charge in [-0.1, -0.05) is 31.2 Å². The molecule has 0 radical (unpaired) electrons. The molecule has 21 heavy (non-hydrogen) atoms.